The second kappa shape index (κ2) is 7.45. The van der Waals surface area contributed by atoms with E-state index in [0.717, 1.165) is 0 Å². The second-order valence-electron chi connectivity index (χ2n) is 5.48. The Balaban J connectivity index is 2.05. The van der Waals surface area contributed by atoms with E-state index in [0.29, 0.717) is 17.0 Å². The van der Waals surface area contributed by atoms with Crippen LogP contribution in [-0.4, -0.2) is 33.6 Å². The zero-order valence-electron chi connectivity index (χ0n) is 13.9. The summed E-state index contributed by atoms with van der Waals surface area (Å²) in [5, 5.41) is 2.75. The van der Waals surface area contributed by atoms with Crippen LogP contribution in [0, 0.1) is 13.8 Å². The van der Waals surface area contributed by atoms with Gasteiger partial charge in [-0.3, -0.25) is 4.79 Å². The van der Waals surface area contributed by atoms with Gasteiger partial charge in [0, 0.05) is 18.0 Å². The average Bonchev–Trinajstić information content (AvgIpc) is 2.52. The maximum Gasteiger partial charge on any atom is 0.422 e. The third-order valence-electron chi connectivity index (χ3n) is 3.28. The van der Waals surface area contributed by atoms with Crippen molar-refractivity contribution in [2.24, 2.45) is 0 Å². The third-order valence-corrected chi connectivity index (χ3v) is 3.28. The van der Waals surface area contributed by atoms with Crippen molar-refractivity contribution in [3.8, 4) is 5.88 Å². The lowest BCUT2D eigenvalue weighted by Gasteiger charge is -2.16. The van der Waals surface area contributed by atoms with Gasteiger partial charge in [-0.05, 0) is 38.5 Å². The molecule has 0 radical (unpaired) electrons. The zero-order valence-corrected chi connectivity index (χ0v) is 13.9. The van der Waals surface area contributed by atoms with Gasteiger partial charge in [0.05, 0.1) is 6.04 Å². The molecule has 2 aromatic rings. The van der Waals surface area contributed by atoms with Crippen LogP contribution in [0.5, 0.6) is 5.88 Å². The van der Waals surface area contributed by atoms with Crippen LogP contribution in [0.25, 0.3) is 0 Å². The minimum atomic E-state index is -4.43. The molecular weight excluding hydrogens is 337 g/mol. The Morgan fingerprint density at radius 1 is 1.32 bits per heavy atom. The van der Waals surface area contributed by atoms with E-state index in [4.69, 9.17) is 0 Å². The standard InChI is InChI=1S/C16H17F3N4O2/c1-9-6-12(7-21-15(9)25-8-16(17,18)19)10(2)22-14(24)13-4-5-20-11(3)23-13/h4-7,10H,8H2,1-3H3,(H,22,24). The molecule has 0 fully saturated rings. The number of carbonyl (C=O) groups excluding carboxylic acids is 1. The van der Waals surface area contributed by atoms with Crippen molar-refractivity contribution < 1.29 is 22.7 Å². The molecule has 0 bridgehead atoms. The van der Waals surface area contributed by atoms with Crippen LogP contribution in [-0.2, 0) is 0 Å². The molecule has 2 heterocycles. The molecule has 25 heavy (non-hydrogen) atoms. The van der Waals surface area contributed by atoms with Gasteiger partial charge < -0.3 is 10.1 Å². The number of nitrogens with zero attached hydrogens (tertiary/aromatic N) is 3. The number of alkyl halides is 3. The van der Waals surface area contributed by atoms with Crippen molar-refractivity contribution in [3.05, 3.63) is 47.2 Å². The van der Waals surface area contributed by atoms with E-state index in [2.05, 4.69) is 25.0 Å². The molecule has 0 aliphatic rings. The highest BCUT2D eigenvalue weighted by molar-refractivity contribution is 5.92. The summed E-state index contributed by atoms with van der Waals surface area (Å²) in [6.07, 6.45) is -1.57. The van der Waals surface area contributed by atoms with E-state index in [-0.39, 0.29) is 17.5 Å². The van der Waals surface area contributed by atoms with Crippen molar-refractivity contribution in [2.75, 3.05) is 6.61 Å². The lowest BCUT2D eigenvalue weighted by atomic mass is 10.1. The predicted octanol–water partition coefficient (Wildman–Crippen LogP) is 2.92. The van der Waals surface area contributed by atoms with Crippen LogP contribution in [0.15, 0.2) is 24.5 Å². The molecule has 1 N–H and O–H groups in total. The number of hydrogen-bond acceptors (Lipinski definition) is 5. The first-order chi connectivity index (χ1) is 11.7. The van der Waals surface area contributed by atoms with Gasteiger partial charge in [-0.1, -0.05) is 0 Å². The molecule has 9 heteroatoms. The number of ether oxygens (including phenoxy) is 1. The fourth-order valence-electron chi connectivity index (χ4n) is 2.06. The number of rotatable bonds is 5. The van der Waals surface area contributed by atoms with Crippen LogP contribution in [0.3, 0.4) is 0 Å². The molecule has 1 atom stereocenters. The van der Waals surface area contributed by atoms with Gasteiger partial charge in [-0.15, -0.1) is 0 Å². The molecule has 2 aromatic heterocycles. The number of aromatic nitrogens is 3. The summed E-state index contributed by atoms with van der Waals surface area (Å²) < 4.78 is 41.3. The molecule has 2 rings (SSSR count). The Morgan fingerprint density at radius 2 is 2.04 bits per heavy atom. The predicted molar refractivity (Wildman–Crippen MR) is 83.2 cm³/mol. The first-order valence-electron chi connectivity index (χ1n) is 7.42. The van der Waals surface area contributed by atoms with E-state index in [1.165, 1.54) is 18.5 Å². The SMILES string of the molecule is Cc1nccc(C(=O)NC(C)c2cnc(OCC(F)(F)F)c(C)c2)n1. The molecule has 0 spiro atoms. The van der Waals surface area contributed by atoms with Crippen LogP contribution >= 0.6 is 0 Å². The fourth-order valence-corrected chi connectivity index (χ4v) is 2.06. The van der Waals surface area contributed by atoms with Crippen LogP contribution in [0.2, 0.25) is 0 Å². The molecule has 1 amide bonds. The van der Waals surface area contributed by atoms with Gasteiger partial charge >= 0.3 is 6.18 Å². The first kappa shape index (κ1) is 18.6. The summed E-state index contributed by atoms with van der Waals surface area (Å²) in [5.41, 5.74) is 1.31. The summed E-state index contributed by atoms with van der Waals surface area (Å²) >= 11 is 0. The van der Waals surface area contributed by atoms with Crippen LogP contribution < -0.4 is 10.1 Å². The Morgan fingerprint density at radius 3 is 2.64 bits per heavy atom. The summed E-state index contributed by atoms with van der Waals surface area (Å²) in [5.74, 6) is 0.00283. The van der Waals surface area contributed by atoms with Gasteiger partial charge in [0.15, 0.2) is 6.61 Å². The van der Waals surface area contributed by atoms with Gasteiger partial charge in [0.1, 0.15) is 11.5 Å². The number of halogens is 3. The maximum atomic E-state index is 12.2. The quantitative estimate of drug-likeness (QED) is 0.893. The van der Waals surface area contributed by atoms with Crippen molar-refractivity contribution in [2.45, 2.75) is 33.0 Å². The van der Waals surface area contributed by atoms with Gasteiger partial charge in [-0.2, -0.15) is 13.2 Å². The highest BCUT2D eigenvalue weighted by Gasteiger charge is 2.29. The van der Waals surface area contributed by atoms with Gasteiger partial charge in [0.25, 0.3) is 5.91 Å². The summed E-state index contributed by atoms with van der Waals surface area (Å²) in [6, 6.07) is 2.70. The summed E-state index contributed by atoms with van der Waals surface area (Å²) in [7, 11) is 0. The zero-order chi connectivity index (χ0) is 18.6. The molecule has 0 aliphatic carbocycles. The Labute approximate surface area is 142 Å². The first-order valence-corrected chi connectivity index (χ1v) is 7.42. The number of carbonyl (C=O) groups is 1. The van der Waals surface area contributed by atoms with Crippen molar-refractivity contribution in [1.29, 1.82) is 0 Å². The number of amides is 1. The second-order valence-corrected chi connectivity index (χ2v) is 5.48. The lowest BCUT2D eigenvalue weighted by molar-refractivity contribution is -0.154. The minimum Gasteiger partial charge on any atom is -0.468 e. The Kier molecular flexibility index (Phi) is 5.55. The van der Waals surface area contributed by atoms with Gasteiger partial charge in [0.2, 0.25) is 5.88 Å². The smallest absolute Gasteiger partial charge is 0.422 e. The maximum absolute atomic E-state index is 12.2. The average molecular weight is 354 g/mol. The topological polar surface area (TPSA) is 77.0 Å². The lowest BCUT2D eigenvalue weighted by Crippen LogP contribution is -2.28. The van der Waals surface area contributed by atoms with Gasteiger partial charge in [-0.25, -0.2) is 15.0 Å². The highest BCUT2D eigenvalue weighted by atomic mass is 19.4. The Bertz CT molecular complexity index is 765. The number of nitrogens with one attached hydrogen (secondary N) is 1. The molecular formula is C16H17F3N4O2. The van der Waals surface area contributed by atoms with Crippen LogP contribution in [0.4, 0.5) is 13.2 Å². The van der Waals surface area contributed by atoms with E-state index in [9.17, 15) is 18.0 Å². The highest BCUT2D eigenvalue weighted by Crippen LogP contribution is 2.22. The molecule has 0 saturated carbocycles. The van der Waals surface area contributed by atoms with E-state index < -0.39 is 18.8 Å². The summed E-state index contributed by atoms with van der Waals surface area (Å²) in [6.45, 7) is 3.59. The molecule has 1 unspecified atom stereocenters. The van der Waals surface area contributed by atoms with Crippen molar-refractivity contribution >= 4 is 5.91 Å². The Hall–Kier alpha value is -2.71. The number of aryl methyl sites for hydroxylation is 2. The fraction of sp³-hybridized carbons (Fsp3) is 0.375. The van der Waals surface area contributed by atoms with E-state index in [1.54, 1.807) is 26.8 Å². The number of pyridine rings is 1. The largest absolute Gasteiger partial charge is 0.468 e. The van der Waals surface area contributed by atoms with Crippen molar-refractivity contribution in [1.82, 2.24) is 20.3 Å². The molecule has 0 aromatic carbocycles. The monoisotopic (exact) mass is 354 g/mol. The molecule has 0 aliphatic heterocycles. The van der Waals surface area contributed by atoms with Crippen molar-refractivity contribution in [3.63, 3.8) is 0 Å². The normalized spacial score (nSPS) is 12.6. The molecule has 0 saturated heterocycles. The molecule has 134 valence electrons. The number of hydrogen-bond donors (Lipinski definition) is 1. The third kappa shape index (κ3) is 5.40. The molecule has 6 nitrogen and oxygen atoms in total. The minimum absolute atomic E-state index is 0.0916. The van der Waals surface area contributed by atoms with E-state index in [1.807, 2.05) is 0 Å². The summed E-state index contributed by atoms with van der Waals surface area (Å²) in [4.78, 5) is 24.0. The van der Waals surface area contributed by atoms with E-state index >= 15 is 0 Å². The van der Waals surface area contributed by atoms with Crippen LogP contribution in [0.1, 0.15) is 40.4 Å².